The van der Waals surface area contributed by atoms with E-state index >= 15 is 0 Å². The lowest BCUT2D eigenvalue weighted by molar-refractivity contribution is -0.0398. The van der Waals surface area contributed by atoms with Crippen molar-refractivity contribution < 1.29 is 4.74 Å². The predicted octanol–water partition coefficient (Wildman–Crippen LogP) is 4.62. The molecule has 1 aliphatic rings. The first-order chi connectivity index (χ1) is 9.35. The van der Waals surface area contributed by atoms with Crippen LogP contribution < -0.4 is 5.73 Å². The van der Waals surface area contributed by atoms with E-state index in [0.717, 1.165) is 30.9 Å². The topological polar surface area (TPSA) is 35.2 Å². The molecule has 1 rings (SSSR count). The number of unbranched alkanes of at least 4 members (excludes halogenated alkanes) is 1. The summed E-state index contributed by atoms with van der Waals surface area (Å²) in [5.41, 5.74) is 6.06. The Morgan fingerprint density at radius 2 is 1.90 bits per heavy atom. The molecule has 20 heavy (non-hydrogen) atoms. The van der Waals surface area contributed by atoms with Gasteiger partial charge >= 0.3 is 0 Å². The normalized spacial score (nSPS) is 28.1. The molecule has 0 aliphatic heterocycles. The number of rotatable bonds is 8. The molecule has 120 valence electrons. The molecule has 0 aromatic carbocycles. The van der Waals surface area contributed by atoms with Crippen LogP contribution in [0.1, 0.15) is 73.1 Å². The summed E-state index contributed by atoms with van der Waals surface area (Å²) in [4.78, 5) is 0. The summed E-state index contributed by atoms with van der Waals surface area (Å²) < 4.78 is 6.24. The monoisotopic (exact) mass is 283 g/mol. The van der Waals surface area contributed by atoms with Gasteiger partial charge in [0.15, 0.2) is 0 Å². The average molecular weight is 283 g/mol. The molecule has 3 unspecified atom stereocenters. The zero-order chi connectivity index (χ0) is 15.2. The predicted molar refractivity (Wildman–Crippen MR) is 87.8 cm³/mol. The van der Waals surface area contributed by atoms with Crippen molar-refractivity contribution >= 4 is 0 Å². The lowest BCUT2D eigenvalue weighted by Gasteiger charge is -2.37. The minimum Gasteiger partial charge on any atom is -0.378 e. The fourth-order valence-electron chi connectivity index (χ4n) is 3.35. The van der Waals surface area contributed by atoms with Crippen molar-refractivity contribution in [3.63, 3.8) is 0 Å². The van der Waals surface area contributed by atoms with Gasteiger partial charge in [-0.2, -0.15) is 0 Å². The molecule has 2 nitrogen and oxygen atoms in total. The van der Waals surface area contributed by atoms with E-state index in [4.69, 9.17) is 10.5 Å². The van der Waals surface area contributed by atoms with Crippen LogP contribution in [0.25, 0.3) is 0 Å². The van der Waals surface area contributed by atoms with E-state index in [1.54, 1.807) is 0 Å². The molecule has 1 aliphatic carbocycles. The van der Waals surface area contributed by atoms with Gasteiger partial charge in [0.05, 0.1) is 6.10 Å². The van der Waals surface area contributed by atoms with Crippen molar-refractivity contribution in [2.24, 2.45) is 28.9 Å². The quantitative estimate of drug-likeness (QED) is 0.660. The van der Waals surface area contributed by atoms with Gasteiger partial charge < -0.3 is 10.5 Å². The summed E-state index contributed by atoms with van der Waals surface area (Å²) in [6.07, 6.45) is 8.12. The first-order valence-corrected chi connectivity index (χ1v) is 8.67. The highest BCUT2D eigenvalue weighted by Crippen LogP contribution is 2.35. The smallest absolute Gasteiger partial charge is 0.0608 e. The lowest BCUT2D eigenvalue weighted by Crippen LogP contribution is -2.34. The van der Waals surface area contributed by atoms with Crippen molar-refractivity contribution in [2.75, 3.05) is 13.2 Å². The van der Waals surface area contributed by atoms with E-state index in [1.165, 1.54) is 38.5 Å². The van der Waals surface area contributed by atoms with Crippen LogP contribution in [0, 0.1) is 23.2 Å². The van der Waals surface area contributed by atoms with Gasteiger partial charge in [-0.25, -0.2) is 0 Å². The molecule has 0 amide bonds. The summed E-state index contributed by atoms with van der Waals surface area (Å²) in [7, 11) is 0. The third kappa shape index (κ3) is 6.13. The van der Waals surface area contributed by atoms with E-state index in [0.29, 0.717) is 11.5 Å². The van der Waals surface area contributed by atoms with Gasteiger partial charge in [-0.1, -0.05) is 47.5 Å². The highest BCUT2D eigenvalue weighted by molar-refractivity contribution is 4.81. The van der Waals surface area contributed by atoms with Crippen molar-refractivity contribution in [1.82, 2.24) is 0 Å². The van der Waals surface area contributed by atoms with Crippen LogP contribution in [-0.4, -0.2) is 19.3 Å². The molecular formula is C18H37NO. The van der Waals surface area contributed by atoms with E-state index in [-0.39, 0.29) is 0 Å². The SMILES string of the molecule is CC1CCC(C(C)C)C(OCCCCC(C)(C)CN)C1. The molecule has 0 saturated heterocycles. The van der Waals surface area contributed by atoms with E-state index in [9.17, 15) is 0 Å². The van der Waals surface area contributed by atoms with Gasteiger partial charge in [0, 0.05) is 6.61 Å². The van der Waals surface area contributed by atoms with Gasteiger partial charge in [0.1, 0.15) is 0 Å². The lowest BCUT2D eigenvalue weighted by atomic mass is 9.75. The van der Waals surface area contributed by atoms with Crippen molar-refractivity contribution in [2.45, 2.75) is 79.2 Å². The molecule has 1 saturated carbocycles. The largest absolute Gasteiger partial charge is 0.378 e. The van der Waals surface area contributed by atoms with E-state index in [1.807, 2.05) is 0 Å². The van der Waals surface area contributed by atoms with Crippen LogP contribution in [0.5, 0.6) is 0 Å². The zero-order valence-electron chi connectivity index (χ0n) is 14.5. The van der Waals surface area contributed by atoms with Gasteiger partial charge in [0.2, 0.25) is 0 Å². The van der Waals surface area contributed by atoms with Crippen molar-refractivity contribution in [3.05, 3.63) is 0 Å². The van der Waals surface area contributed by atoms with Crippen LogP contribution in [0.4, 0.5) is 0 Å². The molecule has 0 heterocycles. The number of hydrogen-bond donors (Lipinski definition) is 1. The molecular weight excluding hydrogens is 246 g/mol. The van der Waals surface area contributed by atoms with Crippen LogP contribution in [0.2, 0.25) is 0 Å². The fraction of sp³-hybridized carbons (Fsp3) is 1.00. The summed E-state index contributed by atoms with van der Waals surface area (Å²) in [5.74, 6) is 2.36. The van der Waals surface area contributed by atoms with Crippen LogP contribution >= 0.6 is 0 Å². The Morgan fingerprint density at radius 1 is 1.20 bits per heavy atom. The minimum atomic E-state index is 0.291. The van der Waals surface area contributed by atoms with Gasteiger partial charge in [-0.3, -0.25) is 0 Å². The van der Waals surface area contributed by atoms with Gasteiger partial charge in [-0.05, 0) is 55.4 Å². The second-order valence-corrected chi connectivity index (χ2v) is 8.06. The van der Waals surface area contributed by atoms with Crippen LogP contribution in [0.15, 0.2) is 0 Å². The Bertz CT molecular complexity index is 262. The molecule has 0 bridgehead atoms. The van der Waals surface area contributed by atoms with Gasteiger partial charge in [-0.15, -0.1) is 0 Å². The Labute approximate surface area is 126 Å². The molecule has 0 aromatic rings. The summed E-state index contributed by atoms with van der Waals surface area (Å²) in [6, 6.07) is 0. The maximum absolute atomic E-state index is 6.24. The maximum atomic E-state index is 6.24. The number of hydrogen-bond acceptors (Lipinski definition) is 2. The first-order valence-electron chi connectivity index (χ1n) is 8.67. The van der Waals surface area contributed by atoms with Crippen molar-refractivity contribution in [3.8, 4) is 0 Å². The Balaban J connectivity index is 2.25. The summed E-state index contributed by atoms with van der Waals surface area (Å²) in [5, 5.41) is 0. The highest BCUT2D eigenvalue weighted by atomic mass is 16.5. The number of nitrogens with two attached hydrogens (primary N) is 1. The second kappa shape index (κ2) is 8.38. The molecule has 0 radical (unpaired) electrons. The standard InChI is InChI=1S/C18H37NO/c1-14(2)16-9-8-15(3)12-17(16)20-11-7-6-10-18(4,5)13-19/h14-17H,6-13,19H2,1-5H3. The minimum absolute atomic E-state index is 0.291. The van der Waals surface area contributed by atoms with E-state index in [2.05, 4.69) is 34.6 Å². The van der Waals surface area contributed by atoms with Gasteiger partial charge in [0.25, 0.3) is 0 Å². The van der Waals surface area contributed by atoms with Crippen LogP contribution in [-0.2, 0) is 4.74 Å². The van der Waals surface area contributed by atoms with Crippen LogP contribution in [0.3, 0.4) is 0 Å². The second-order valence-electron chi connectivity index (χ2n) is 8.06. The zero-order valence-corrected chi connectivity index (χ0v) is 14.5. The Hall–Kier alpha value is -0.0800. The molecule has 0 spiro atoms. The third-order valence-electron chi connectivity index (χ3n) is 5.09. The molecule has 0 aromatic heterocycles. The number of ether oxygens (including phenoxy) is 1. The fourth-order valence-corrected chi connectivity index (χ4v) is 3.35. The molecule has 1 fully saturated rings. The highest BCUT2D eigenvalue weighted by Gasteiger charge is 2.31. The third-order valence-corrected chi connectivity index (χ3v) is 5.09. The van der Waals surface area contributed by atoms with Crippen molar-refractivity contribution in [1.29, 1.82) is 0 Å². The Kier molecular flexibility index (Phi) is 7.53. The summed E-state index contributed by atoms with van der Waals surface area (Å²) in [6.45, 7) is 13.3. The Morgan fingerprint density at radius 3 is 2.50 bits per heavy atom. The molecule has 2 N–H and O–H groups in total. The summed E-state index contributed by atoms with van der Waals surface area (Å²) >= 11 is 0. The average Bonchev–Trinajstić information content (AvgIpc) is 2.38. The molecule has 3 atom stereocenters. The van der Waals surface area contributed by atoms with E-state index < -0.39 is 0 Å². The molecule has 2 heteroatoms. The first kappa shape index (κ1) is 18.0. The maximum Gasteiger partial charge on any atom is 0.0608 e.